The van der Waals surface area contributed by atoms with Crippen molar-refractivity contribution >= 4 is 16.7 Å². The van der Waals surface area contributed by atoms with Crippen molar-refractivity contribution in [3.63, 3.8) is 0 Å². The highest BCUT2D eigenvalue weighted by Gasteiger charge is 2.38. The second-order valence-corrected chi connectivity index (χ2v) is 6.35. The maximum absolute atomic E-state index is 12.2. The minimum absolute atomic E-state index is 0.0438. The van der Waals surface area contributed by atoms with E-state index in [-0.39, 0.29) is 24.2 Å². The molecule has 0 aromatic rings. The molecule has 0 spiro atoms. The number of carbonyl (C=O) groups is 1. The molecule has 0 aromatic carbocycles. The summed E-state index contributed by atoms with van der Waals surface area (Å²) in [4.78, 5) is 14.1. The number of carbonyl (C=O) groups excluding carboxylic acids is 1. The number of nitrogens with one attached hydrogen (secondary N) is 1. The summed E-state index contributed by atoms with van der Waals surface area (Å²) < 4.78 is 11.2. The molecule has 1 amide bonds. The standard InChI is InChI=1S/C12H24N2O2S/c1-5-6-7-11-12(15)14(10(3)13-11)9(2)8-17(4)16/h9-11,13H,5-8H2,1-4H3. The van der Waals surface area contributed by atoms with E-state index in [4.69, 9.17) is 0 Å². The van der Waals surface area contributed by atoms with Gasteiger partial charge in [0, 0.05) is 28.9 Å². The van der Waals surface area contributed by atoms with Crippen LogP contribution in [0.5, 0.6) is 0 Å². The summed E-state index contributed by atoms with van der Waals surface area (Å²) >= 11 is 0. The molecular weight excluding hydrogens is 236 g/mol. The first-order valence-corrected chi connectivity index (χ1v) is 8.08. The molecule has 4 nitrogen and oxygen atoms in total. The number of amides is 1. The molecule has 1 rings (SSSR count). The number of hydrogen-bond donors (Lipinski definition) is 1. The van der Waals surface area contributed by atoms with Gasteiger partial charge in [-0.2, -0.15) is 0 Å². The first kappa shape index (κ1) is 14.6. The molecule has 4 atom stereocenters. The van der Waals surface area contributed by atoms with Crippen LogP contribution in [0.25, 0.3) is 0 Å². The summed E-state index contributed by atoms with van der Waals surface area (Å²) in [5.41, 5.74) is 0. The van der Waals surface area contributed by atoms with Crippen LogP contribution in [0.15, 0.2) is 0 Å². The minimum Gasteiger partial charge on any atom is -0.322 e. The fourth-order valence-corrected chi connectivity index (χ4v) is 3.29. The Balaban J connectivity index is 2.61. The van der Waals surface area contributed by atoms with E-state index in [1.54, 1.807) is 6.26 Å². The Morgan fingerprint density at radius 3 is 2.71 bits per heavy atom. The molecule has 100 valence electrons. The monoisotopic (exact) mass is 260 g/mol. The van der Waals surface area contributed by atoms with Gasteiger partial charge in [0.05, 0.1) is 12.2 Å². The van der Waals surface area contributed by atoms with Crippen molar-refractivity contribution in [2.24, 2.45) is 0 Å². The number of nitrogens with zero attached hydrogens (tertiary/aromatic N) is 1. The number of hydrogen-bond acceptors (Lipinski definition) is 3. The van der Waals surface area contributed by atoms with E-state index in [0.29, 0.717) is 5.75 Å². The van der Waals surface area contributed by atoms with E-state index in [1.165, 1.54) is 0 Å². The zero-order chi connectivity index (χ0) is 13.0. The predicted molar refractivity (Wildman–Crippen MR) is 71.2 cm³/mol. The first-order chi connectivity index (χ1) is 7.97. The van der Waals surface area contributed by atoms with Gasteiger partial charge in [0.25, 0.3) is 0 Å². The van der Waals surface area contributed by atoms with Gasteiger partial charge in [-0.3, -0.25) is 14.3 Å². The highest BCUT2D eigenvalue weighted by atomic mass is 32.2. The van der Waals surface area contributed by atoms with Crippen LogP contribution in [0.4, 0.5) is 0 Å². The van der Waals surface area contributed by atoms with E-state index in [9.17, 15) is 9.00 Å². The van der Waals surface area contributed by atoms with Gasteiger partial charge in [-0.05, 0) is 20.3 Å². The summed E-state index contributed by atoms with van der Waals surface area (Å²) in [5, 5.41) is 3.32. The summed E-state index contributed by atoms with van der Waals surface area (Å²) in [6.07, 6.45) is 4.82. The molecule has 0 aliphatic carbocycles. The smallest absolute Gasteiger partial charge is 0.241 e. The van der Waals surface area contributed by atoms with E-state index in [2.05, 4.69) is 12.2 Å². The van der Waals surface area contributed by atoms with Crippen LogP contribution in [-0.2, 0) is 15.6 Å². The Kier molecular flexibility index (Phi) is 5.59. The summed E-state index contributed by atoms with van der Waals surface area (Å²) in [6, 6.07) is 0.000140. The lowest BCUT2D eigenvalue weighted by molar-refractivity contribution is -0.131. The largest absolute Gasteiger partial charge is 0.322 e. The Bertz CT molecular complexity index is 296. The third-order valence-corrected chi connectivity index (χ3v) is 4.16. The van der Waals surface area contributed by atoms with Crippen molar-refractivity contribution < 1.29 is 9.00 Å². The lowest BCUT2D eigenvalue weighted by atomic mass is 10.1. The molecule has 1 heterocycles. The van der Waals surface area contributed by atoms with E-state index >= 15 is 0 Å². The lowest BCUT2D eigenvalue weighted by Gasteiger charge is -2.27. The average Bonchev–Trinajstić information content (AvgIpc) is 2.50. The second kappa shape index (κ2) is 6.50. The van der Waals surface area contributed by atoms with E-state index in [1.807, 2.05) is 18.7 Å². The molecule has 4 unspecified atom stereocenters. The molecule has 5 heteroatoms. The van der Waals surface area contributed by atoms with E-state index in [0.717, 1.165) is 19.3 Å². The molecule has 1 saturated heterocycles. The van der Waals surface area contributed by atoms with E-state index < -0.39 is 10.8 Å². The Labute approximate surface area is 107 Å². The predicted octanol–water partition coefficient (Wildman–Crippen LogP) is 1.09. The quantitative estimate of drug-likeness (QED) is 0.778. The van der Waals surface area contributed by atoms with Gasteiger partial charge in [-0.25, -0.2) is 0 Å². The highest BCUT2D eigenvalue weighted by Crippen LogP contribution is 2.18. The number of rotatable bonds is 6. The van der Waals surface area contributed by atoms with Crippen LogP contribution in [0.1, 0.15) is 40.0 Å². The normalized spacial score (nSPS) is 28.5. The van der Waals surface area contributed by atoms with Gasteiger partial charge in [0.2, 0.25) is 5.91 Å². The van der Waals surface area contributed by atoms with Crippen molar-refractivity contribution in [3.05, 3.63) is 0 Å². The van der Waals surface area contributed by atoms with Crippen molar-refractivity contribution in [3.8, 4) is 0 Å². The van der Waals surface area contributed by atoms with Crippen LogP contribution < -0.4 is 5.32 Å². The zero-order valence-corrected chi connectivity index (χ0v) is 12.0. The van der Waals surface area contributed by atoms with Gasteiger partial charge >= 0.3 is 0 Å². The second-order valence-electron chi connectivity index (χ2n) is 4.87. The fraction of sp³-hybridized carbons (Fsp3) is 0.917. The summed E-state index contributed by atoms with van der Waals surface area (Å²) in [5.74, 6) is 0.724. The van der Waals surface area contributed by atoms with Crippen molar-refractivity contribution in [2.75, 3.05) is 12.0 Å². The van der Waals surface area contributed by atoms with Crippen LogP contribution in [0.2, 0.25) is 0 Å². The third kappa shape index (κ3) is 3.78. The topological polar surface area (TPSA) is 49.4 Å². The minimum atomic E-state index is -0.860. The van der Waals surface area contributed by atoms with Gasteiger partial charge in [-0.15, -0.1) is 0 Å². The van der Waals surface area contributed by atoms with Gasteiger partial charge in [-0.1, -0.05) is 19.8 Å². The zero-order valence-electron chi connectivity index (χ0n) is 11.2. The Morgan fingerprint density at radius 2 is 2.18 bits per heavy atom. The van der Waals surface area contributed by atoms with Crippen LogP contribution in [0.3, 0.4) is 0 Å². The molecule has 17 heavy (non-hydrogen) atoms. The van der Waals surface area contributed by atoms with Crippen LogP contribution in [0, 0.1) is 0 Å². The maximum atomic E-state index is 12.2. The molecule has 0 saturated carbocycles. The summed E-state index contributed by atoms with van der Waals surface area (Å²) in [7, 11) is -0.860. The number of unbranched alkanes of at least 4 members (excludes halogenated alkanes) is 1. The molecular formula is C12H24N2O2S. The molecule has 1 fully saturated rings. The molecule has 0 bridgehead atoms. The van der Waals surface area contributed by atoms with Crippen LogP contribution in [-0.4, -0.2) is 45.3 Å². The van der Waals surface area contributed by atoms with Crippen molar-refractivity contribution in [1.82, 2.24) is 10.2 Å². The van der Waals surface area contributed by atoms with Gasteiger partial charge in [0.1, 0.15) is 0 Å². The molecule has 0 radical (unpaired) electrons. The third-order valence-electron chi connectivity index (χ3n) is 3.21. The van der Waals surface area contributed by atoms with Gasteiger partial charge < -0.3 is 4.90 Å². The maximum Gasteiger partial charge on any atom is 0.241 e. The average molecular weight is 260 g/mol. The molecule has 0 aromatic heterocycles. The van der Waals surface area contributed by atoms with Gasteiger partial charge in [0.15, 0.2) is 0 Å². The molecule has 1 N–H and O–H groups in total. The lowest BCUT2D eigenvalue weighted by Crippen LogP contribution is -2.44. The Morgan fingerprint density at radius 1 is 1.53 bits per heavy atom. The van der Waals surface area contributed by atoms with Crippen LogP contribution >= 0.6 is 0 Å². The molecule has 1 aliphatic rings. The SMILES string of the molecule is CCCCC1NC(C)N(C(C)CS(C)=O)C1=O. The summed E-state index contributed by atoms with van der Waals surface area (Å²) in [6.45, 7) is 6.10. The first-order valence-electron chi connectivity index (χ1n) is 6.35. The fourth-order valence-electron chi connectivity index (χ4n) is 2.45. The van der Waals surface area contributed by atoms with Crippen molar-refractivity contribution in [2.45, 2.75) is 58.3 Å². The highest BCUT2D eigenvalue weighted by molar-refractivity contribution is 7.84. The van der Waals surface area contributed by atoms with Crippen molar-refractivity contribution in [1.29, 1.82) is 0 Å². The molecule has 1 aliphatic heterocycles. The Hall–Kier alpha value is -0.420.